The Kier molecular flexibility index (Phi) is 4.25. The number of nitrogens with zero attached hydrogens (tertiary/aromatic N) is 2. The Morgan fingerprint density at radius 1 is 1.29 bits per heavy atom. The number of hydrogen-bond acceptors (Lipinski definition) is 4. The van der Waals surface area contributed by atoms with Crippen LogP contribution in [0.1, 0.15) is 44.0 Å². The van der Waals surface area contributed by atoms with Crippen LogP contribution in [0.5, 0.6) is 0 Å². The van der Waals surface area contributed by atoms with E-state index in [1.165, 1.54) is 18.7 Å². The van der Waals surface area contributed by atoms with Crippen LogP contribution in [0.3, 0.4) is 0 Å². The van der Waals surface area contributed by atoms with Crippen molar-refractivity contribution >= 4 is 11.9 Å². The van der Waals surface area contributed by atoms with Crippen LogP contribution < -0.4 is 5.32 Å². The average molecular weight is 291 g/mol. The third kappa shape index (κ3) is 3.04. The summed E-state index contributed by atoms with van der Waals surface area (Å²) in [4.78, 5) is 31.2. The fourth-order valence-electron chi connectivity index (χ4n) is 3.11. The van der Waals surface area contributed by atoms with E-state index in [1.807, 2.05) is 20.8 Å². The molecule has 3 unspecified atom stereocenters. The smallest absolute Gasteiger partial charge is 0.307 e. The van der Waals surface area contributed by atoms with Gasteiger partial charge in [0.1, 0.15) is 6.33 Å². The number of hydrogen-bond donors (Lipinski definition) is 2. The number of aromatic nitrogens is 2. The number of carboxylic acids is 1. The quantitative estimate of drug-likeness (QED) is 0.884. The van der Waals surface area contributed by atoms with Crippen LogP contribution in [0.4, 0.5) is 0 Å². The molecular weight excluding hydrogens is 270 g/mol. The van der Waals surface area contributed by atoms with Crippen LogP contribution in [0.2, 0.25) is 0 Å². The van der Waals surface area contributed by atoms with E-state index in [0.29, 0.717) is 18.4 Å². The summed E-state index contributed by atoms with van der Waals surface area (Å²) in [5.41, 5.74) is 0.0535. The number of aliphatic carboxylic acids is 1. The number of carbonyl (C=O) groups is 2. The third-order valence-electron chi connectivity index (χ3n) is 4.88. The van der Waals surface area contributed by atoms with Crippen molar-refractivity contribution in [2.75, 3.05) is 0 Å². The Morgan fingerprint density at radius 3 is 2.48 bits per heavy atom. The van der Waals surface area contributed by atoms with Gasteiger partial charge in [-0.25, -0.2) is 9.97 Å². The maximum atomic E-state index is 12.2. The molecule has 1 aromatic heterocycles. The Labute approximate surface area is 124 Å². The number of carbonyl (C=O) groups excluding carboxylic acids is 1. The topological polar surface area (TPSA) is 92.2 Å². The van der Waals surface area contributed by atoms with E-state index in [4.69, 9.17) is 0 Å². The molecule has 6 nitrogen and oxygen atoms in total. The molecule has 0 aromatic carbocycles. The number of carboxylic acid groups (broad SMARTS) is 1. The number of amides is 1. The van der Waals surface area contributed by atoms with E-state index in [9.17, 15) is 14.7 Å². The second-order valence-corrected chi connectivity index (χ2v) is 6.29. The van der Waals surface area contributed by atoms with Gasteiger partial charge in [0.25, 0.3) is 5.91 Å². The zero-order valence-electron chi connectivity index (χ0n) is 12.5. The van der Waals surface area contributed by atoms with E-state index in [-0.39, 0.29) is 29.2 Å². The van der Waals surface area contributed by atoms with Gasteiger partial charge in [-0.1, -0.05) is 20.8 Å². The van der Waals surface area contributed by atoms with E-state index in [0.717, 1.165) is 0 Å². The maximum Gasteiger partial charge on any atom is 0.307 e. The lowest BCUT2D eigenvalue weighted by molar-refractivity contribution is -0.150. The van der Waals surface area contributed by atoms with Crippen molar-refractivity contribution in [1.29, 1.82) is 0 Å². The Bertz CT molecular complexity index is 530. The molecule has 0 bridgehead atoms. The van der Waals surface area contributed by atoms with Gasteiger partial charge >= 0.3 is 5.97 Å². The first-order valence-electron chi connectivity index (χ1n) is 7.12. The van der Waals surface area contributed by atoms with E-state index in [1.54, 1.807) is 0 Å². The zero-order valence-corrected chi connectivity index (χ0v) is 12.5. The molecule has 2 N–H and O–H groups in total. The fourth-order valence-corrected chi connectivity index (χ4v) is 3.11. The van der Waals surface area contributed by atoms with Crippen LogP contribution in [-0.4, -0.2) is 33.0 Å². The van der Waals surface area contributed by atoms with Crippen molar-refractivity contribution in [3.05, 3.63) is 24.3 Å². The largest absolute Gasteiger partial charge is 0.481 e. The average Bonchev–Trinajstić information content (AvgIpc) is 2.44. The zero-order chi connectivity index (χ0) is 15.6. The second kappa shape index (κ2) is 5.79. The molecule has 1 amide bonds. The molecule has 21 heavy (non-hydrogen) atoms. The molecule has 1 aliphatic rings. The molecule has 2 rings (SSSR count). The molecule has 0 saturated heterocycles. The predicted molar refractivity (Wildman–Crippen MR) is 76.6 cm³/mol. The summed E-state index contributed by atoms with van der Waals surface area (Å²) in [6, 6.07) is -0.0386. The van der Waals surface area contributed by atoms with Crippen LogP contribution in [0.25, 0.3) is 0 Å². The maximum absolute atomic E-state index is 12.2. The highest BCUT2D eigenvalue weighted by Gasteiger charge is 2.46. The third-order valence-corrected chi connectivity index (χ3v) is 4.88. The van der Waals surface area contributed by atoms with Gasteiger partial charge in [-0.05, 0) is 24.2 Å². The summed E-state index contributed by atoms with van der Waals surface area (Å²) in [5, 5.41) is 12.3. The monoisotopic (exact) mass is 291 g/mol. The first-order chi connectivity index (χ1) is 9.84. The van der Waals surface area contributed by atoms with E-state index in [2.05, 4.69) is 15.3 Å². The highest BCUT2D eigenvalue weighted by atomic mass is 16.4. The minimum atomic E-state index is -0.756. The van der Waals surface area contributed by atoms with Gasteiger partial charge in [0, 0.05) is 18.4 Å². The van der Waals surface area contributed by atoms with E-state index >= 15 is 0 Å². The van der Waals surface area contributed by atoms with Crippen molar-refractivity contribution in [2.45, 2.75) is 39.7 Å². The lowest BCUT2D eigenvalue weighted by atomic mass is 9.61. The van der Waals surface area contributed by atoms with Gasteiger partial charge in [-0.15, -0.1) is 0 Å². The summed E-state index contributed by atoms with van der Waals surface area (Å²) >= 11 is 0. The molecular formula is C15H21N3O3. The van der Waals surface area contributed by atoms with Gasteiger partial charge in [-0.3, -0.25) is 9.59 Å². The van der Waals surface area contributed by atoms with E-state index < -0.39 is 5.97 Å². The standard InChI is InChI=1S/C15H21N3O3/c1-9-12(5-4-11(14(20)21)15(9,2)3)18-13(19)10-6-16-8-17-7-10/h6-9,11-12H,4-5H2,1-3H3,(H,18,19)(H,20,21). The SMILES string of the molecule is CC1C(NC(=O)c2cncnc2)CCC(C(=O)O)C1(C)C. The molecule has 1 heterocycles. The molecule has 1 saturated carbocycles. The molecule has 3 atom stereocenters. The molecule has 1 aliphatic carbocycles. The van der Waals surface area contributed by atoms with Crippen molar-refractivity contribution in [3.63, 3.8) is 0 Å². The molecule has 0 radical (unpaired) electrons. The highest BCUT2D eigenvalue weighted by molar-refractivity contribution is 5.93. The molecule has 6 heteroatoms. The van der Waals surface area contributed by atoms with Crippen molar-refractivity contribution in [3.8, 4) is 0 Å². The fraction of sp³-hybridized carbons (Fsp3) is 0.600. The minimum Gasteiger partial charge on any atom is -0.481 e. The van der Waals surface area contributed by atoms with Crippen LogP contribution in [-0.2, 0) is 4.79 Å². The summed E-state index contributed by atoms with van der Waals surface area (Å²) in [7, 11) is 0. The molecule has 0 spiro atoms. The summed E-state index contributed by atoms with van der Waals surface area (Å²) < 4.78 is 0. The predicted octanol–water partition coefficient (Wildman–Crippen LogP) is 1.73. The second-order valence-electron chi connectivity index (χ2n) is 6.29. The lowest BCUT2D eigenvalue weighted by Gasteiger charge is -2.46. The molecule has 1 aromatic rings. The Hall–Kier alpha value is -1.98. The first kappa shape index (κ1) is 15.4. The Morgan fingerprint density at radius 2 is 1.90 bits per heavy atom. The van der Waals surface area contributed by atoms with Crippen molar-refractivity contribution in [2.24, 2.45) is 17.3 Å². The molecule has 0 aliphatic heterocycles. The number of rotatable bonds is 3. The molecule has 114 valence electrons. The summed E-state index contributed by atoms with van der Waals surface area (Å²) in [5.74, 6) is -1.27. The van der Waals surface area contributed by atoms with Crippen molar-refractivity contribution < 1.29 is 14.7 Å². The highest BCUT2D eigenvalue weighted by Crippen LogP contribution is 2.45. The minimum absolute atomic E-state index is 0.0386. The van der Waals surface area contributed by atoms with Gasteiger partial charge in [0.15, 0.2) is 0 Å². The van der Waals surface area contributed by atoms with Gasteiger partial charge in [-0.2, -0.15) is 0 Å². The van der Waals surface area contributed by atoms with Crippen LogP contribution in [0, 0.1) is 17.3 Å². The van der Waals surface area contributed by atoms with Crippen molar-refractivity contribution in [1.82, 2.24) is 15.3 Å². The van der Waals surface area contributed by atoms with Crippen LogP contribution >= 0.6 is 0 Å². The summed E-state index contributed by atoms with van der Waals surface area (Å²) in [6.45, 7) is 5.92. The molecule has 1 fully saturated rings. The van der Waals surface area contributed by atoms with Crippen LogP contribution in [0.15, 0.2) is 18.7 Å². The number of nitrogens with one attached hydrogen (secondary N) is 1. The van der Waals surface area contributed by atoms with Gasteiger partial charge in [0.05, 0.1) is 11.5 Å². The van der Waals surface area contributed by atoms with Gasteiger partial charge < -0.3 is 10.4 Å². The Balaban J connectivity index is 2.09. The first-order valence-corrected chi connectivity index (χ1v) is 7.12. The normalized spacial score (nSPS) is 27.9. The van der Waals surface area contributed by atoms with Gasteiger partial charge in [0.2, 0.25) is 0 Å². The lowest BCUT2D eigenvalue weighted by Crippen LogP contribution is -2.52. The summed E-state index contributed by atoms with van der Waals surface area (Å²) in [6.07, 6.45) is 5.56.